The van der Waals surface area contributed by atoms with Crippen LogP contribution in [0.1, 0.15) is 0 Å². The van der Waals surface area contributed by atoms with E-state index in [1.165, 1.54) is 16.3 Å². The fourth-order valence-electron chi connectivity index (χ4n) is 4.67. The maximum absolute atomic E-state index is 6.06. The van der Waals surface area contributed by atoms with Gasteiger partial charge in [0.2, 0.25) is 5.71 Å². The molecule has 0 aliphatic carbocycles. The van der Waals surface area contributed by atoms with Crippen LogP contribution in [0.5, 0.6) is 0 Å². The van der Waals surface area contributed by atoms with Gasteiger partial charge in [-0.2, -0.15) is 4.98 Å². The number of fused-ring (bicyclic) bond motifs is 6. The Labute approximate surface area is 202 Å². The molecule has 7 rings (SSSR count). The average molecular weight is 537 g/mol. The Morgan fingerprint density at radius 1 is 0.667 bits per heavy atom. The molecule has 33 heavy (non-hydrogen) atoms. The van der Waals surface area contributed by atoms with Crippen LogP contribution in [0.25, 0.3) is 61.0 Å². The third-order valence-corrected chi connectivity index (χ3v) is 6.92. The highest BCUT2D eigenvalue weighted by Gasteiger charge is 2.17. The van der Waals surface area contributed by atoms with Crippen molar-refractivity contribution in [3.8, 4) is 17.1 Å². The molecule has 0 saturated carbocycles. The normalized spacial score (nSPS) is 11.8. The standard InChI is InChI=1S/C28H16IN3O/c29-26-25-21-11-5-7-13-24(21)33-28(25)31-27(30-26)17-14-15-20-19-10-4-6-12-22(19)32(23(20)16-17)18-8-2-1-3-9-18/h1-16H. The quantitative estimate of drug-likeness (QED) is 0.167. The minimum Gasteiger partial charge on any atom is -0.438 e. The predicted octanol–water partition coefficient (Wildman–Crippen LogP) is 7.74. The van der Waals surface area contributed by atoms with E-state index in [1.54, 1.807) is 0 Å². The lowest BCUT2D eigenvalue weighted by atomic mass is 10.1. The van der Waals surface area contributed by atoms with Crippen LogP contribution < -0.4 is 0 Å². The second-order valence-corrected chi connectivity index (χ2v) is 9.06. The molecule has 4 nitrogen and oxygen atoms in total. The summed E-state index contributed by atoms with van der Waals surface area (Å²) in [5.74, 6) is 0.665. The molecular formula is C28H16IN3O. The summed E-state index contributed by atoms with van der Waals surface area (Å²) in [4.78, 5) is 9.68. The van der Waals surface area contributed by atoms with Gasteiger partial charge >= 0.3 is 0 Å². The van der Waals surface area contributed by atoms with Crippen molar-refractivity contribution in [2.24, 2.45) is 0 Å². The van der Waals surface area contributed by atoms with E-state index < -0.39 is 0 Å². The first-order valence-corrected chi connectivity index (χ1v) is 11.8. The summed E-state index contributed by atoms with van der Waals surface area (Å²) < 4.78 is 9.26. The van der Waals surface area contributed by atoms with E-state index in [-0.39, 0.29) is 0 Å². The van der Waals surface area contributed by atoms with Crippen molar-refractivity contribution in [3.63, 3.8) is 0 Å². The van der Waals surface area contributed by atoms with Crippen LogP contribution in [0.4, 0.5) is 0 Å². The minimum atomic E-state index is 0.620. The lowest BCUT2D eigenvalue weighted by molar-refractivity contribution is 0.653. The predicted molar refractivity (Wildman–Crippen MR) is 142 cm³/mol. The number of hydrogen-bond donors (Lipinski definition) is 0. The Kier molecular flexibility index (Phi) is 4.08. The van der Waals surface area contributed by atoms with Gasteiger partial charge in [-0.1, -0.05) is 66.7 Å². The van der Waals surface area contributed by atoms with Crippen molar-refractivity contribution in [2.75, 3.05) is 0 Å². The van der Waals surface area contributed by atoms with E-state index in [9.17, 15) is 0 Å². The maximum Gasteiger partial charge on any atom is 0.232 e. The Hall–Kier alpha value is -3.71. The molecular weight excluding hydrogens is 521 g/mol. The topological polar surface area (TPSA) is 43.9 Å². The SMILES string of the molecule is Ic1nc(-c2ccc3c4ccccc4n(-c4ccccc4)c3c2)nc2oc3ccccc3c12. The minimum absolute atomic E-state index is 0.620. The van der Waals surface area contributed by atoms with E-state index in [0.29, 0.717) is 11.5 Å². The van der Waals surface area contributed by atoms with Gasteiger partial charge in [-0.15, -0.1) is 0 Å². The first-order chi connectivity index (χ1) is 16.3. The zero-order valence-electron chi connectivity index (χ0n) is 17.4. The van der Waals surface area contributed by atoms with Crippen LogP contribution in [0.2, 0.25) is 0 Å². The molecule has 0 spiro atoms. The van der Waals surface area contributed by atoms with Gasteiger partial charge in [0.1, 0.15) is 9.28 Å². The zero-order valence-corrected chi connectivity index (χ0v) is 19.5. The first kappa shape index (κ1) is 18.8. The second-order valence-electron chi connectivity index (χ2n) is 8.04. The Balaban J connectivity index is 1.51. The fourth-order valence-corrected chi connectivity index (χ4v) is 5.42. The first-order valence-electron chi connectivity index (χ1n) is 10.7. The molecule has 0 bridgehead atoms. The average Bonchev–Trinajstić information content (AvgIpc) is 3.40. The summed E-state index contributed by atoms with van der Waals surface area (Å²) in [5, 5.41) is 4.45. The molecule has 0 fully saturated rings. The number of para-hydroxylation sites is 3. The van der Waals surface area contributed by atoms with E-state index in [2.05, 4.69) is 100.0 Å². The lowest BCUT2D eigenvalue weighted by Gasteiger charge is -2.08. The van der Waals surface area contributed by atoms with Gasteiger partial charge < -0.3 is 8.98 Å². The molecule has 0 aliphatic rings. The summed E-state index contributed by atoms with van der Waals surface area (Å²) in [6, 6.07) is 33.4. The van der Waals surface area contributed by atoms with Gasteiger partial charge in [0, 0.05) is 27.4 Å². The molecule has 5 heteroatoms. The number of aromatic nitrogens is 3. The van der Waals surface area contributed by atoms with Gasteiger partial charge in [-0.3, -0.25) is 0 Å². The van der Waals surface area contributed by atoms with Crippen molar-refractivity contribution >= 4 is 66.5 Å². The molecule has 0 N–H and O–H groups in total. The Bertz CT molecular complexity index is 1830. The third-order valence-electron chi connectivity index (χ3n) is 6.14. The molecule has 0 radical (unpaired) electrons. The molecule has 4 aromatic carbocycles. The third kappa shape index (κ3) is 2.82. The summed E-state index contributed by atoms with van der Waals surface area (Å²) in [5.41, 5.74) is 5.85. The van der Waals surface area contributed by atoms with Crippen molar-refractivity contribution in [3.05, 3.63) is 101 Å². The van der Waals surface area contributed by atoms with Crippen LogP contribution in [0.15, 0.2) is 101 Å². The summed E-state index contributed by atoms with van der Waals surface area (Å²) in [6.07, 6.45) is 0. The smallest absolute Gasteiger partial charge is 0.232 e. The van der Waals surface area contributed by atoms with Gasteiger partial charge in [-0.05, 0) is 52.9 Å². The van der Waals surface area contributed by atoms with E-state index in [1.807, 2.05) is 24.3 Å². The number of nitrogens with zero attached hydrogens (tertiary/aromatic N) is 3. The molecule has 156 valence electrons. The van der Waals surface area contributed by atoms with Crippen LogP contribution in [0.3, 0.4) is 0 Å². The van der Waals surface area contributed by atoms with Crippen LogP contribution in [0, 0.1) is 3.70 Å². The molecule has 0 amide bonds. The zero-order chi connectivity index (χ0) is 21.9. The highest BCUT2D eigenvalue weighted by atomic mass is 127. The fraction of sp³-hybridized carbons (Fsp3) is 0. The lowest BCUT2D eigenvalue weighted by Crippen LogP contribution is -1.95. The van der Waals surface area contributed by atoms with Crippen molar-refractivity contribution < 1.29 is 4.42 Å². The highest BCUT2D eigenvalue weighted by Crippen LogP contribution is 2.36. The van der Waals surface area contributed by atoms with E-state index >= 15 is 0 Å². The molecule has 3 aromatic heterocycles. The van der Waals surface area contributed by atoms with Gasteiger partial charge in [0.05, 0.1) is 16.4 Å². The molecule has 0 atom stereocenters. The summed E-state index contributed by atoms with van der Waals surface area (Å²) in [7, 11) is 0. The number of hydrogen-bond acceptors (Lipinski definition) is 3. The van der Waals surface area contributed by atoms with Crippen LogP contribution in [-0.4, -0.2) is 14.5 Å². The van der Waals surface area contributed by atoms with Gasteiger partial charge in [0.15, 0.2) is 5.82 Å². The Morgan fingerprint density at radius 2 is 1.39 bits per heavy atom. The number of halogens is 1. The molecule has 0 saturated heterocycles. The Morgan fingerprint density at radius 3 is 2.27 bits per heavy atom. The monoisotopic (exact) mass is 537 g/mol. The van der Waals surface area contributed by atoms with Crippen molar-refractivity contribution in [2.45, 2.75) is 0 Å². The summed E-state index contributed by atoms with van der Waals surface area (Å²) >= 11 is 2.28. The molecule has 0 unspecified atom stereocenters. The highest BCUT2D eigenvalue weighted by molar-refractivity contribution is 14.1. The second kappa shape index (κ2) is 7.15. The number of benzene rings is 4. The van der Waals surface area contributed by atoms with Gasteiger partial charge in [-0.25, -0.2) is 4.98 Å². The van der Waals surface area contributed by atoms with E-state index in [4.69, 9.17) is 14.4 Å². The van der Waals surface area contributed by atoms with Crippen molar-refractivity contribution in [1.29, 1.82) is 0 Å². The molecule has 7 aromatic rings. The number of rotatable bonds is 2. The van der Waals surface area contributed by atoms with Crippen molar-refractivity contribution in [1.82, 2.24) is 14.5 Å². The number of furan rings is 1. The molecule has 3 heterocycles. The van der Waals surface area contributed by atoms with Crippen LogP contribution in [-0.2, 0) is 0 Å². The largest absolute Gasteiger partial charge is 0.438 e. The van der Waals surface area contributed by atoms with Gasteiger partial charge in [0.25, 0.3) is 0 Å². The summed E-state index contributed by atoms with van der Waals surface area (Å²) in [6.45, 7) is 0. The molecule has 0 aliphatic heterocycles. The van der Waals surface area contributed by atoms with Crippen LogP contribution >= 0.6 is 22.6 Å². The van der Waals surface area contributed by atoms with E-state index in [0.717, 1.165) is 36.8 Å². The maximum atomic E-state index is 6.06.